The summed E-state index contributed by atoms with van der Waals surface area (Å²) in [7, 11) is 0. The van der Waals surface area contributed by atoms with Gasteiger partial charge in [0, 0.05) is 6.54 Å². The van der Waals surface area contributed by atoms with Crippen molar-refractivity contribution in [2.24, 2.45) is 0 Å². The number of hydrogen-bond donors (Lipinski definition) is 1. The minimum Gasteiger partial charge on any atom is -0.230 e. The van der Waals surface area contributed by atoms with Crippen molar-refractivity contribution in [2.75, 3.05) is 18.2 Å². The predicted molar refractivity (Wildman–Crippen MR) is 37.9 cm³/mol. The maximum absolute atomic E-state index is 4.08. The van der Waals surface area contributed by atoms with Crippen LogP contribution >= 0.6 is 0 Å². The highest BCUT2D eigenvalue weighted by atomic mass is 15.8. The number of nitrogens with one attached hydrogen (secondary N) is 1. The lowest BCUT2D eigenvalue weighted by molar-refractivity contribution is 0.520. The first-order valence-electron chi connectivity index (χ1n) is 3.48. The highest BCUT2D eigenvalue weighted by Crippen LogP contribution is 1.94. The third kappa shape index (κ3) is 0.863. The van der Waals surface area contributed by atoms with Crippen molar-refractivity contribution in [3.8, 4) is 0 Å². The molecule has 2 rings (SSSR count). The highest BCUT2D eigenvalue weighted by Gasteiger charge is 2.09. The SMILES string of the molecule is c1cnn(N2CCCN2)c1. The van der Waals surface area contributed by atoms with Gasteiger partial charge in [-0.15, -0.1) is 0 Å². The molecule has 1 aliphatic heterocycles. The zero-order valence-electron chi connectivity index (χ0n) is 5.70. The minimum absolute atomic E-state index is 1.04. The second-order valence-corrected chi connectivity index (χ2v) is 2.31. The van der Waals surface area contributed by atoms with Crippen LogP contribution in [0.5, 0.6) is 0 Å². The molecule has 4 heteroatoms. The maximum Gasteiger partial charge on any atom is 0.0545 e. The monoisotopic (exact) mass is 138 g/mol. The number of nitrogens with zero attached hydrogens (tertiary/aromatic N) is 3. The van der Waals surface area contributed by atoms with E-state index < -0.39 is 0 Å². The van der Waals surface area contributed by atoms with Crippen LogP contribution in [0.3, 0.4) is 0 Å². The molecule has 0 atom stereocenters. The van der Waals surface area contributed by atoms with Gasteiger partial charge < -0.3 is 0 Å². The molecule has 0 unspecified atom stereocenters. The first-order valence-corrected chi connectivity index (χ1v) is 3.48. The maximum atomic E-state index is 4.08. The Hall–Kier alpha value is -1.03. The summed E-state index contributed by atoms with van der Waals surface area (Å²) in [5.41, 5.74) is 3.19. The van der Waals surface area contributed by atoms with E-state index in [0.29, 0.717) is 0 Å². The summed E-state index contributed by atoms with van der Waals surface area (Å²) in [6.07, 6.45) is 4.90. The van der Waals surface area contributed by atoms with E-state index in [9.17, 15) is 0 Å². The number of aromatic nitrogens is 2. The van der Waals surface area contributed by atoms with Gasteiger partial charge in [-0.3, -0.25) is 0 Å². The summed E-state index contributed by atoms with van der Waals surface area (Å²) in [6, 6.07) is 1.92. The zero-order valence-corrected chi connectivity index (χ0v) is 5.70. The molecule has 54 valence electrons. The molecule has 1 saturated heterocycles. The molecule has 1 aromatic heterocycles. The van der Waals surface area contributed by atoms with Crippen molar-refractivity contribution >= 4 is 0 Å². The average Bonchev–Trinajstić information content (AvgIpc) is 2.59. The lowest BCUT2D eigenvalue weighted by atomic mass is 10.5. The molecule has 1 fully saturated rings. The third-order valence-corrected chi connectivity index (χ3v) is 1.58. The van der Waals surface area contributed by atoms with Gasteiger partial charge in [0.25, 0.3) is 0 Å². The van der Waals surface area contributed by atoms with Gasteiger partial charge in [0.05, 0.1) is 18.9 Å². The summed E-state index contributed by atoms with van der Waals surface area (Å²) in [6.45, 7) is 2.10. The fourth-order valence-electron chi connectivity index (χ4n) is 1.09. The normalized spacial score (nSPS) is 18.2. The van der Waals surface area contributed by atoms with Gasteiger partial charge in [0.1, 0.15) is 0 Å². The molecule has 10 heavy (non-hydrogen) atoms. The van der Waals surface area contributed by atoms with Gasteiger partial charge >= 0.3 is 0 Å². The van der Waals surface area contributed by atoms with E-state index in [4.69, 9.17) is 0 Å². The number of hydrogen-bond acceptors (Lipinski definition) is 3. The largest absolute Gasteiger partial charge is 0.230 e. The summed E-state index contributed by atoms with van der Waals surface area (Å²) in [4.78, 5) is 1.81. The van der Waals surface area contributed by atoms with Crippen molar-refractivity contribution in [1.82, 2.24) is 15.3 Å². The van der Waals surface area contributed by atoms with Gasteiger partial charge in [-0.05, 0) is 12.5 Å². The second-order valence-electron chi connectivity index (χ2n) is 2.31. The summed E-state index contributed by atoms with van der Waals surface area (Å²) in [5.74, 6) is 0. The molecule has 2 heterocycles. The Morgan fingerprint density at radius 2 is 2.50 bits per heavy atom. The van der Waals surface area contributed by atoms with Gasteiger partial charge in [0.15, 0.2) is 0 Å². The Bertz CT molecular complexity index is 188. The Balaban J connectivity index is 2.12. The molecule has 1 aromatic rings. The van der Waals surface area contributed by atoms with Crippen molar-refractivity contribution < 1.29 is 0 Å². The first-order chi connectivity index (χ1) is 4.97. The average molecular weight is 138 g/mol. The molecular weight excluding hydrogens is 128 g/mol. The number of hydrazine groups is 1. The number of rotatable bonds is 1. The van der Waals surface area contributed by atoms with Gasteiger partial charge in [-0.2, -0.15) is 9.89 Å². The molecular formula is C6H10N4. The van der Waals surface area contributed by atoms with E-state index >= 15 is 0 Å². The zero-order chi connectivity index (χ0) is 6.81. The second kappa shape index (κ2) is 2.30. The van der Waals surface area contributed by atoms with E-state index in [2.05, 4.69) is 10.5 Å². The van der Waals surface area contributed by atoms with Crippen LogP contribution in [0.1, 0.15) is 6.42 Å². The van der Waals surface area contributed by atoms with Crippen molar-refractivity contribution in [1.29, 1.82) is 0 Å². The van der Waals surface area contributed by atoms with Crippen LogP contribution in [0.4, 0.5) is 0 Å². The van der Waals surface area contributed by atoms with E-state index in [1.165, 1.54) is 6.42 Å². The van der Waals surface area contributed by atoms with E-state index in [-0.39, 0.29) is 0 Å². The third-order valence-electron chi connectivity index (χ3n) is 1.58. The summed E-state index contributed by atoms with van der Waals surface area (Å²) >= 11 is 0. The van der Waals surface area contributed by atoms with E-state index in [1.54, 1.807) is 6.20 Å². The molecule has 0 radical (unpaired) electrons. The lowest BCUT2D eigenvalue weighted by Gasteiger charge is -2.16. The van der Waals surface area contributed by atoms with Crippen LogP contribution in [-0.2, 0) is 0 Å². The Morgan fingerprint density at radius 3 is 3.10 bits per heavy atom. The molecule has 1 N–H and O–H groups in total. The van der Waals surface area contributed by atoms with Crippen LogP contribution < -0.4 is 10.5 Å². The fraction of sp³-hybridized carbons (Fsp3) is 0.500. The Labute approximate surface area is 59.4 Å². The summed E-state index contributed by atoms with van der Waals surface area (Å²) in [5, 5.41) is 6.08. The van der Waals surface area contributed by atoms with Gasteiger partial charge in [-0.25, -0.2) is 10.5 Å². The van der Waals surface area contributed by atoms with Crippen LogP contribution in [0.25, 0.3) is 0 Å². The molecule has 0 spiro atoms. The van der Waals surface area contributed by atoms with Crippen LogP contribution in [0.2, 0.25) is 0 Å². The standard InChI is InChI=1S/C6H10N4/c1-3-7-9(5-1)10-6-2-4-8-10/h1,3,5,8H,2,4,6H2. The van der Waals surface area contributed by atoms with Crippen molar-refractivity contribution in [3.63, 3.8) is 0 Å². The molecule has 4 nitrogen and oxygen atoms in total. The fourth-order valence-corrected chi connectivity index (χ4v) is 1.09. The molecule has 0 amide bonds. The predicted octanol–water partition coefficient (Wildman–Crippen LogP) is -0.271. The topological polar surface area (TPSA) is 33.1 Å². The first kappa shape index (κ1) is 5.73. The highest BCUT2D eigenvalue weighted by molar-refractivity contribution is 4.88. The summed E-state index contributed by atoms with van der Waals surface area (Å²) < 4.78 is 0. The molecule has 0 bridgehead atoms. The van der Waals surface area contributed by atoms with Crippen LogP contribution in [0, 0.1) is 0 Å². The smallest absolute Gasteiger partial charge is 0.0545 e. The van der Waals surface area contributed by atoms with Crippen molar-refractivity contribution in [3.05, 3.63) is 18.5 Å². The van der Waals surface area contributed by atoms with Crippen molar-refractivity contribution in [2.45, 2.75) is 6.42 Å². The van der Waals surface area contributed by atoms with Crippen LogP contribution in [0.15, 0.2) is 18.5 Å². The van der Waals surface area contributed by atoms with E-state index in [1.807, 2.05) is 22.2 Å². The molecule has 0 saturated carbocycles. The molecule has 0 aromatic carbocycles. The van der Waals surface area contributed by atoms with Crippen LogP contribution in [-0.4, -0.2) is 23.0 Å². The Morgan fingerprint density at radius 1 is 1.50 bits per heavy atom. The quantitative estimate of drug-likeness (QED) is 0.580. The lowest BCUT2D eigenvalue weighted by Crippen LogP contribution is -2.40. The van der Waals surface area contributed by atoms with Gasteiger partial charge in [0.2, 0.25) is 0 Å². The Kier molecular flexibility index (Phi) is 1.32. The molecule has 0 aliphatic carbocycles. The molecule has 1 aliphatic rings. The van der Waals surface area contributed by atoms with E-state index in [0.717, 1.165) is 13.1 Å². The van der Waals surface area contributed by atoms with Gasteiger partial charge in [-0.1, -0.05) is 0 Å². The minimum atomic E-state index is 1.04.